The molecule has 0 amide bonds. The molecule has 1 heteroatoms. The second kappa shape index (κ2) is 9.79. The van der Waals surface area contributed by atoms with Gasteiger partial charge >= 0.3 is 0 Å². The van der Waals surface area contributed by atoms with E-state index in [0.717, 1.165) is 16.7 Å². The summed E-state index contributed by atoms with van der Waals surface area (Å²) in [6, 6.07) is 41.1. The number of rotatable bonds is 3. The Morgan fingerprint density at radius 3 is 1.04 bits per heavy atom. The highest BCUT2D eigenvalue weighted by atomic mass is 14.5. The quantitative estimate of drug-likeness (QED) is 0.456. The van der Waals surface area contributed by atoms with Crippen LogP contribution < -0.4 is 5.73 Å². The third-order valence-corrected chi connectivity index (χ3v) is 4.22. The second-order valence-corrected chi connectivity index (χ2v) is 6.04. The smallest absolute Gasteiger partial charge is 0.00436 e. The van der Waals surface area contributed by atoms with Crippen LogP contribution in [0.1, 0.15) is 11.1 Å². The summed E-state index contributed by atoms with van der Waals surface area (Å²) in [7, 11) is 0. The molecule has 0 unspecified atom stereocenters. The van der Waals surface area contributed by atoms with Crippen molar-refractivity contribution in [3.05, 3.63) is 139 Å². The van der Waals surface area contributed by atoms with Crippen LogP contribution in [0.15, 0.2) is 128 Å². The average Bonchev–Trinajstić information content (AvgIpc) is 2.78. The van der Waals surface area contributed by atoms with Gasteiger partial charge in [0.1, 0.15) is 0 Å². The molecule has 4 rings (SSSR count). The normalized spacial score (nSPS) is 9.63. The fourth-order valence-corrected chi connectivity index (χ4v) is 2.86. The number of nitrogens with two attached hydrogens (primary N) is 1. The van der Waals surface area contributed by atoms with E-state index in [1.54, 1.807) is 6.20 Å². The highest BCUT2D eigenvalue weighted by Gasteiger charge is 2.02. The highest BCUT2D eigenvalue weighted by molar-refractivity contribution is 5.79. The van der Waals surface area contributed by atoms with Gasteiger partial charge in [0.25, 0.3) is 0 Å². The van der Waals surface area contributed by atoms with Crippen molar-refractivity contribution in [3.63, 3.8) is 0 Å². The van der Waals surface area contributed by atoms with Gasteiger partial charge < -0.3 is 5.73 Å². The van der Waals surface area contributed by atoms with Crippen LogP contribution in [-0.4, -0.2) is 0 Å². The molecule has 0 saturated heterocycles. The zero-order chi connectivity index (χ0) is 18.7. The molecule has 1 nitrogen and oxygen atoms in total. The Morgan fingerprint density at radius 2 is 0.741 bits per heavy atom. The van der Waals surface area contributed by atoms with Crippen LogP contribution in [0.3, 0.4) is 0 Å². The highest BCUT2D eigenvalue weighted by Crippen LogP contribution is 2.21. The van der Waals surface area contributed by atoms with E-state index >= 15 is 0 Å². The maximum Gasteiger partial charge on any atom is 0.00436 e. The maximum absolute atomic E-state index is 5.67. The predicted molar refractivity (Wildman–Crippen MR) is 116 cm³/mol. The Labute approximate surface area is 161 Å². The van der Waals surface area contributed by atoms with Crippen LogP contribution >= 0.6 is 0 Å². The SMILES string of the molecule is NC=C(c1ccccc1)c1ccccc1.c1ccc(-c2ccccc2)cc1. The summed E-state index contributed by atoms with van der Waals surface area (Å²) in [5, 5.41) is 0. The van der Waals surface area contributed by atoms with Gasteiger partial charge in [-0.1, -0.05) is 121 Å². The molecule has 132 valence electrons. The van der Waals surface area contributed by atoms with E-state index in [0.29, 0.717) is 0 Å². The zero-order valence-electron chi connectivity index (χ0n) is 15.2. The molecule has 0 heterocycles. The van der Waals surface area contributed by atoms with E-state index in [2.05, 4.69) is 72.8 Å². The Kier molecular flexibility index (Phi) is 6.60. The van der Waals surface area contributed by atoms with Crippen LogP contribution in [-0.2, 0) is 0 Å². The Hall–Kier alpha value is -3.58. The lowest BCUT2D eigenvalue weighted by atomic mass is 9.99. The Bertz CT molecular complexity index is 865. The van der Waals surface area contributed by atoms with Crippen molar-refractivity contribution in [1.29, 1.82) is 0 Å². The molecule has 2 N–H and O–H groups in total. The fourth-order valence-electron chi connectivity index (χ4n) is 2.86. The van der Waals surface area contributed by atoms with E-state index in [4.69, 9.17) is 5.73 Å². The first-order valence-electron chi connectivity index (χ1n) is 9.01. The van der Waals surface area contributed by atoms with Crippen LogP contribution in [0.25, 0.3) is 16.7 Å². The van der Waals surface area contributed by atoms with Gasteiger partial charge in [0.05, 0.1) is 0 Å². The first kappa shape index (κ1) is 18.2. The van der Waals surface area contributed by atoms with E-state index in [1.807, 2.05) is 48.5 Å². The van der Waals surface area contributed by atoms with Crippen LogP contribution in [0.5, 0.6) is 0 Å². The minimum Gasteiger partial charge on any atom is -0.404 e. The summed E-state index contributed by atoms with van der Waals surface area (Å²) in [5.41, 5.74) is 11.6. The van der Waals surface area contributed by atoms with Crippen LogP contribution in [0.2, 0.25) is 0 Å². The minimum absolute atomic E-state index is 1.07. The van der Waals surface area contributed by atoms with Crippen molar-refractivity contribution >= 4 is 5.57 Å². The molecule has 0 aromatic heterocycles. The molecule has 27 heavy (non-hydrogen) atoms. The van der Waals surface area contributed by atoms with Crippen molar-refractivity contribution in [2.75, 3.05) is 0 Å². The van der Waals surface area contributed by atoms with E-state index in [1.165, 1.54) is 11.1 Å². The molecule has 0 aliphatic rings. The van der Waals surface area contributed by atoms with Gasteiger partial charge in [-0.05, 0) is 22.3 Å². The summed E-state index contributed by atoms with van der Waals surface area (Å²) in [6.07, 6.45) is 1.66. The third-order valence-electron chi connectivity index (χ3n) is 4.22. The lowest BCUT2D eigenvalue weighted by Gasteiger charge is -2.06. The standard InChI is InChI=1S/C14H13N.C12H10/c15-11-14(12-7-3-1-4-8-12)13-9-5-2-6-10-13;1-3-7-11(8-4-1)12-9-5-2-6-10-12/h1-11H,15H2;1-10H. The van der Waals surface area contributed by atoms with E-state index in [-0.39, 0.29) is 0 Å². The van der Waals surface area contributed by atoms with Gasteiger partial charge in [-0.2, -0.15) is 0 Å². The molecule has 0 fully saturated rings. The van der Waals surface area contributed by atoms with Crippen LogP contribution in [0, 0.1) is 0 Å². The van der Waals surface area contributed by atoms with Gasteiger partial charge in [-0.3, -0.25) is 0 Å². The van der Waals surface area contributed by atoms with Crippen molar-refractivity contribution in [2.45, 2.75) is 0 Å². The summed E-state index contributed by atoms with van der Waals surface area (Å²) in [6.45, 7) is 0. The van der Waals surface area contributed by atoms with Gasteiger partial charge in [-0.15, -0.1) is 0 Å². The molecule has 0 radical (unpaired) electrons. The summed E-state index contributed by atoms with van der Waals surface area (Å²) in [4.78, 5) is 0. The van der Waals surface area contributed by atoms with Crippen molar-refractivity contribution in [3.8, 4) is 11.1 Å². The number of benzene rings is 4. The lowest BCUT2D eigenvalue weighted by molar-refractivity contribution is 1.50. The van der Waals surface area contributed by atoms with E-state index in [9.17, 15) is 0 Å². The average molecular weight is 349 g/mol. The molecule has 0 aliphatic heterocycles. The minimum atomic E-state index is 1.07. The Morgan fingerprint density at radius 1 is 0.444 bits per heavy atom. The van der Waals surface area contributed by atoms with Gasteiger partial charge in [0.15, 0.2) is 0 Å². The van der Waals surface area contributed by atoms with Crippen molar-refractivity contribution < 1.29 is 0 Å². The summed E-state index contributed by atoms with van der Waals surface area (Å²) >= 11 is 0. The van der Waals surface area contributed by atoms with Crippen molar-refractivity contribution in [1.82, 2.24) is 0 Å². The first-order valence-corrected chi connectivity index (χ1v) is 9.01. The second-order valence-electron chi connectivity index (χ2n) is 6.04. The van der Waals surface area contributed by atoms with Gasteiger partial charge in [0, 0.05) is 11.8 Å². The maximum atomic E-state index is 5.67. The summed E-state index contributed by atoms with van der Waals surface area (Å²) < 4.78 is 0. The predicted octanol–water partition coefficient (Wildman–Crippen LogP) is 6.39. The molecule has 4 aromatic rings. The first-order chi connectivity index (χ1) is 13.4. The largest absolute Gasteiger partial charge is 0.404 e. The van der Waals surface area contributed by atoms with Gasteiger partial charge in [0.2, 0.25) is 0 Å². The molecular weight excluding hydrogens is 326 g/mol. The zero-order valence-corrected chi connectivity index (χ0v) is 15.2. The molecule has 0 saturated carbocycles. The Balaban J connectivity index is 0.000000159. The number of hydrogen-bond donors (Lipinski definition) is 1. The van der Waals surface area contributed by atoms with Crippen LogP contribution in [0.4, 0.5) is 0 Å². The van der Waals surface area contributed by atoms with Gasteiger partial charge in [-0.25, -0.2) is 0 Å². The monoisotopic (exact) mass is 349 g/mol. The lowest BCUT2D eigenvalue weighted by Crippen LogP contribution is -1.91. The molecule has 0 atom stereocenters. The van der Waals surface area contributed by atoms with E-state index < -0.39 is 0 Å². The molecule has 0 aliphatic carbocycles. The third kappa shape index (κ3) is 5.20. The number of hydrogen-bond acceptors (Lipinski definition) is 1. The van der Waals surface area contributed by atoms with Crippen molar-refractivity contribution in [2.24, 2.45) is 5.73 Å². The molecule has 0 bridgehead atoms. The molecular formula is C26H23N. The molecule has 4 aromatic carbocycles. The summed E-state index contributed by atoms with van der Waals surface area (Å²) in [5.74, 6) is 0. The topological polar surface area (TPSA) is 26.0 Å². The molecule has 0 spiro atoms. The fraction of sp³-hybridized carbons (Fsp3) is 0.